The summed E-state index contributed by atoms with van der Waals surface area (Å²) < 4.78 is 7.36. The summed E-state index contributed by atoms with van der Waals surface area (Å²) in [6, 6.07) is 6.49. The number of hydrogen-bond donors (Lipinski definition) is 1. The quantitative estimate of drug-likeness (QED) is 0.777. The molecule has 0 unspecified atom stereocenters. The van der Waals surface area contributed by atoms with E-state index in [2.05, 4.69) is 33.1 Å². The summed E-state index contributed by atoms with van der Waals surface area (Å²) in [5.74, 6) is 1.50. The first-order chi connectivity index (χ1) is 12.5. The van der Waals surface area contributed by atoms with E-state index < -0.39 is 5.41 Å². The molecule has 4 heterocycles. The van der Waals surface area contributed by atoms with Crippen LogP contribution in [0.15, 0.2) is 24.5 Å². The highest BCUT2D eigenvalue weighted by atomic mass is 16.5. The number of aromatic amines is 1. The molecule has 0 radical (unpaired) electrons. The van der Waals surface area contributed by atoms with Gasteiger partial charge >= 0.3 is 0 Å². The SMILES string of the molecule is C[C@@H]1COCCN1c1cc(C(C)(C)C#N)c2cnc(-c3ccn[nH]3)n2n1. The Morgan fingerprint density at radius 2 is 2.27 bits per heavy atom. The van der Waals surface area contributed by atoms with Crippen molar-refractivity contribution in [2.75, 3.05) is 24.7 Å². The average Bonchev–Trinajstić information content (AvgIpc) is 3.30. The number of morpholine rings is 1. The number of nitrogens with one attached hydrogen (secondary N) is 1. The van der Waals surface area contributed by atoms with Crippen LogP contribution in [0.4, 0.5) is 5.82 Å². The van der Waals surface area contributed by atoms with Gasteiger partial charge in [-0.3, -0.25) is 5.10 Å². The van der Waals surface area contributed by atoms with Crippen LogP contribution >= 0.6 is 0 Å². The van der Waals surface area contributed by atoms with Crippen LogP contribution in [-0.4, -0.2) is 50.6 Å². The molecule has 1 N–H and O–H groups in total. The third kappa shape index (κ3) is 2.61. The zero-order chi connectivity index (χ0) is 18.3. The maximum Gasteiger partial charge on any atom is 0.179 e. The number of fused-ring (bicyclic) bond motifs is 1. The topological polar surface area (TPSA) is 95.1 Å². The molecule has 26 heavy (non-hydrogen) atoms. The van der Waals surface area contributed by atoms with Crippen molar-refractivity contribution in [2.45, 2.75) is 32.2 Å². The van der Waals surface area contributed by atoms with Crippen molar-refractivity contribution in [1.82, 2.24) is 24.8 Å². The molecule has 0 spiro atoms. The van der Waals surface area contributed by atoms with Crippen LogP contribution in [0.3, 0.4) is 0 Å². The van der Waals surface area contributed by atoms with Gasteiger partial charge in [0.1, 0.15) is 11.5 Å². The van der Waals surface area contributed by atoms with Gasteiger partial charge in [0, 0.05) is 18.3 Å². The van der Waals surface area contributed by atoms with Crippen LogP contribution in [0.1, 0.15) is 26.3 Å². The van der Waals surface area contributed by atoms with Gasteiger partial charge in [0.25, 0.3) is 0 Å². The van der Waals surface area contributed by atoms with Crippen LogP contribution in [0.2, 0.25) is 0 Å². The Morgan fingerprint density at radius 1 is 1.42 bits per heavy atom. The Kier molecular flexibility index (Phi) is 3.89. The highest BCUT2D eigenvalue weighted by Crippen LogP contribution is 2.32. The number of H-pyrrole nitrogens is 1. The highest BCUT2D eigenvalue weighted by molar-refractivity contribution is 5.67. The lowest BCUT2D eigenvalue weighted by Gasteiger charge is -2.34. The molecule has 1 saturated heterocycles. The number of anilines is 1. The molecule has 8 nitrogen and oxygen atoms in total. The third-order valence-electron chi connectivity index (χ3n) is 4.85. The first-order valence-corrected chi connectivity index (χ1v) is 8.66. The van der Waals surface area contributed by atoms with Crippen molar-refractivity contribution in [3.05, 3.63) is 30.1 Å². The fourth-order valence-electron chi connectivity index (χ4n) is 3.30. The van der Waals surface area contributed by atoms with E-state index >= 15 is 0 Å². The molecule has 3 aromatic heterocycles. The van der Waals surface area contributed by atoms with E-state index in [4.69, 9.17) is 9.84 Å². The largest absolute Gasteiger partial charge is 0.377 e. The van der Waals surface area contributed by atoms with E-state index in [0.717, 1.165) is 29.1 Å². The molecule has 0 saturated carbocycles. The van der Waals surface area contributed by atoms with Crippen molar-refractivity contribution >= 4 is 11.3 Å². The summed E-state index contributed by atoms with van der Waals surface area (Å²) in [5.41, 5.74) is 1.85. The minimum atomic E-state index is -0.667. The lowest BCUT2D eigenvalue weighted by Crippen LogP contribution is -2.44. The Balaban J connectivity index is 1.96. The fraction of sp³-hybridized carbons (Fsp3) is 0.444. The van der Waals surface area contributed by atoms with Gasteiger partial charge in [0.05, 0.1) is 42.5 Å². The van der Waals surface area contributed by atoms with Gasteiger partial charge in [0.2, 0.25) is 0 Å². The minimum Gasteiger partial charge on any atom is -0.377 e. The predicted octanol–water partition coefficient (Wildman–Crippen LogP) is 2.15. The first-order valence-electron chi connectivity index (χ1n) is 8.66. The first kappa shape index (κ1) is 16.5. The van der Waals surface area contributed by atoms with Gasteiger partial charge in [-0.1, -0.05) is 0 Å². The second kappa shape index (κ2) is 6.11. The van der Waals surface area contributed by atoms with E-state index in [9.17, 15) is 5.26 Å². The van der Waals surface area contributed by atoms with Crippen molar-refractivity contribution in [3.8, 4) is 17.6 Å². The Bertz CT molecular complexity index is 967. The number of ether oxygens (including phenoxy) is 1. The van der Waals surface area contributed by atoms with Crippen molar-refractivity contribution in [1.29, 1.82) is 5.26 Å². The number of imidazole rings is 1. The number of nitrogens with zero attached hydrogens (tertiary/aromatic N) is 6. The molecule has 0 amide bonds. The monoisotopic (exact) mass is 351 g/mol. The fourth-order valence-corrected chi connectivity index (χ4v) is 3.30. The minimum absolute atomic E-state index is 0.214. The third-order valence-corrected chi connectivity index (χ3v) is 4.85. The van der Waals surface area contributed by atoms with Gasteiger partial charge in [-0.25, -0.2) is 9.50 Å². The molecule has 1 aliphatic rings. The Morgan fingerprint density at radius 3 is 2.96 bits per heavy atom. The lowest BCUT2D eigenvalue weighted by molar-refractivity contribution is 0.0984. The zero-order valence-electron chi connectivity index (χ0n) is 15.1. The standard InChI is InChI=1S/C18H21N7O/c1-12-10-26-7-6-24(12)16-8-13(18(2,3)11-19)15-9-20-17(25(15)23-16)14-4-5-21-22-14/h4-5,8-9,12H,6-7,10H2,1-3H3,(H,21,22)/t12-/m1/s1. The molecular formula is C18H21N7O. The summed E-state index contributed by atoms with van der Waals surface area (Å²) in [4.78, 5) is 6.75. The van der Waals surface area contributed by atoms with E-state index in [0.29, 0.717) is 19.0 Å². The number of rotatable bonds is 3. The molecular weight excluding hydrogens is 330 g/mol. The van der Waals surface area contributed by atoms with Gasteiger partial charge in [-0.15, -0.1) is 5.10 Å². The van der Waals surface area contributed by atoms with Crippen LogP contribution in [0.25, 0.3) is 17.0 Å². The van der Waals surface area contributed by atoms with Crippen molar-refractivity contribution in [2.24, 2.45) is 0 Å². The second-order valence-corrected chi connectivity index (χ2v) is 7.12. The van der Waals surface area contributed by atoms with Gasteiger partial charge in [-0.2, -0.15) is 10.4 Å². The Hall–Kier alpha value is -2.92. The molecule has 3 aromatic rings. The summed E-state index contributed by atoms with van der Waals surface area (Å²) in [6.45, 7) is 8.03. The Labute approximate surface area is 151 Å². The molecule has 1 fully saturated rings. The van der Waals surface area contributed by atoms with Gasteiger partial charge in [0.15, 0.2) is 5.82 Å². The normalized spacial score (nSPS) is 18.2. The maximum atomic E-state index is 9.70. The number of nitriles is 1. The zero-order valence-corrected chi connectivity index (χ0v) is 15.1. The molecule has 1 aliphatic heterocycles. The molecule has 0 aliphatic carbocycles. The van der Waals surface area contributed by atoms with E-state index in [-0.39, 0.29) is 6.04 Å². The molecule has 1 atom stereocenters. The summed E-state index contributed by atoms with van der Waals surface area (Å²) in [6.07, 6.45) is 3.45. The van der Waals surface area contributed by atoms with E-state index in [1.165, 1.54) is 0 Å². The van der Waals surface area contributed by atoms with Crippen molar-refractivity contribution in [3.63, 3.8) is 0 Å². The van der Waals surface area contributed by atoms with Gasteiger partial charge in [-0.05, 0) is 32.9 Å². The maximum absolute atomic E-state index is 9.70. The van der Waals surface area contributed by atoms with Crippen LogP contribution < -0.4 is 4.90 Å². The molecule has 4 rings (SSSR count). The predicted molar refractivity (Wildman–Crippen MR) is 96.8 cm³/mol. The summed E-state index contributed by atoms with van der Waals surface area (Å²) >= 11 is 0. The van der Waals surface area contributed by atoms with E-state index in [1.807, 2.05) is 26.0 Å². The van der Waals surface area contributed by atoms with Crippen molar-refractivity contribution < 1.29 is 4.74 Å². The second-order valence-electron chi connectivity index (χ2n) is 7.12. The summed E-state index contributed by atoms with van der Waals surface area (Å²) in [7, 11) is 0. The number of aromatic nitrogens is 5. The molecule has 0 aromatic carbocycles. The lowest BCUT2D eigenvalue weighted by atomic mass is 9.86. The molecule has 134 valence electrons. The van der Waals surface area contributed by atoms with Crippen LogP contribution in [-0.2, 0) is 10.2 Å². The average molecular weight is 351 g/mol. The summed E-state index contributed by atoms with van der Waals surface area (Å²) in [5, 5.41) is 21.5. The van der Waals surface area contributed by atoms with Crippen LogP contribution in [0, 0.1) is 11.3 Å². The van der Waals surface area contributed by atoms with E-state index in [1.54, 1.807) is 16.9 Å². The van der Waals surface area contributed by atoms with Crippen LogP contribution in [0.5, 0.6) is 0 Å². The molecule has 0 bridgehead atoms. The smallest absolute Gasteiger partial charge is 0.179 e. The van der Waals surface area contributed by atoms with Gasteiger partial charge < -0.3 is 9.64 Å². The highest BCUT2D eigenvalue weighted by Gasteiger charge is 2.28. The molecule has 8 heteroatoms. The number of hydrogen-bond acceptors (Lipinski definition) is 6.